The second kappa shape index (κ2) is 7.03. The van der Waals surface area contributed by atoms with Gasteiger partial charge in [-0.2, -0.15) is 4.68 Å². The number of aryl methyl sites for hydroxylation is 1. The Morgan fingerprint density at radius 2 is 2.05 bits per heavy atom. The number of imide groups is 1. The molecule has 1 aromatic heterocycles. The second-order valence-electron chi connectivity index (χ2n) is 4.49. The van der Waals surface area contributed by atoms with E-state index in [9.17, 15) is 9.59 Å². The van der Waals surface area contributed by atoms with Gasteiger partial charge >= 0.3 is 6.03 Å². The highest BCUT2D eigenvalue weighted by Crippen LogP contribution is 2.24. The molecule has 2 rings (SSSR count). The van der Waals surface area contributed by atoms with Crippen molar-refractivity contribution < 1.29 is 9.59 Å². The molecular weight excluding hydrogens is 304 g/mol. The van der Waals surface area contributed by atoms with Crippen LogP contribution < -0.4 is 10.6 Å². The molecule has 0 saturated heterocycles. The minimum atomic E-state index is -0.545. The van der Waals surface area contributed by atoms with E-state index in [0.717, 1.165) is 11.3 Å². The van der Waals surface area contributed by atoms with E-state index in [2.05, 4.69) is 26.2 Å². The fraction of sp³-hybridized carbons (Fsp3) is 0.308. The molecule has 0 unspecified atom stereocenters. The molecule has 0 radical (unpaired) electrons. The molecule has 2 aromatic rings. The molecule has 9 heteroatoms. The van der Waals surface area contributed by atoms with Gasteiger partial charge in [0.15, 0.2) is 0 Å². The van der Waals surface area contributed by atoms with Gasteiger partial charge in [-0.15, -0.1) is 5.10 Å². The first kappa shape index (κ1) is 16.0. The van der Waals surface area contributed by atoms with Gasteiger partial charge in [-0.3, -0.25) is 10.1 Å². The number of carbonyl (C=O) groups excluding carboxylic acids is 2. The molecule has 1 aromatic carbocycles. The Bertz CT molecular complexity index is 687. The van der Waals surface area contributed by atoms with Gasteiger partial charge in [-0.1, -0.05) is 30.0 Å². The standard InChI is InChI=1S/C13H16N6O2S/c1-8-6-4-5-7-10(8)19-13(16-17-18-19)22-9(2)11(20)15-12(21)14-3/h4-7,9H,1-3H3,(H2,14,15,20,21)/t9-/m1/s1. The van der Waals surface area contributed by atoms with Crippen molar-refractivity contribution in [2.75, 3.05) is 7.05 Å². The van der Waals surface area contributed by atoms with Crippen LogP contribution in [0.4, 0.5) is 4.79 Å². The molecule has 2 N–H and O–H groups in total. The number of amides is 3. The van der Waals surface area contributed by atoms with Crippen molar-refractivity contribution in [2.24, 2.45) is 0 Å². The molecule has 0 fully saturated rings. The van der Waals surface area contributed by atoms with Crippen LogP contribution in [0.25, 0.3) is 5.69 Å². The van der Waals surface area contributed by atoms with Crippen molar-refractivity contribution in [2.45, 2.75) is 24.3 Å². The fourth-order valence-corrected chi connectivity index (χ4v) is 2.49. The zero-order valence-corrected chi connectivity index (χ0v) is 13.2. The molecule has 0 bridgehead atoms. The monoisotopic (exact) mass is 320 g/mol. The Morgan fingerprint density at radius 3 is 2.73 bits per heavy atom. The highest BCUT2D eigenvalue weighted by molar-refractivity contribution is 8.00. The Hall–Kier alpha value is -2.42. The van der Waals surface area contributed by atoms with Gasteiger partial charge in [0.25, 0.3) is 0 Å². The number of thioether (sulfide) groups is 1. The van der Waals surface area contributed by atoms with Gasteiger partial charge in [0.2, 0.25) is 11.1 Å². The van der Waals surface area contributed by atoms with Crippen LogP contribution in [0.5, 0.6) is 0 Å². The third-order valence-electron chi connectivity index (χ3n) is 2.90. The van der Waals surface area contributed by atoms with Crippen molar-refractivity contribution >= 4 is 23.7 Å². The predicted octanol–water partition coefficient (Wildman–Crippen LogP) is 0.907. The van der Waals surface area contributed by atoms with Crippen molar-refractivity contribution in [3.05, 3.63) is 29.8 Å². The number of rotatable bonds is 4. The van der Waals surface area contributed by atoms with Crippen molar-refractivity contribution in [1.29, 1.82) is 0 Å². The van der Waals surface area contributed by atoms with Crippen LogP contribution in [-0.4, -0.2) is 44.4 Å². The number of hydrogen-bond donors (Lipinski definition) is 2. The predicted molar refractivity (Wildman–Crippen MR) is 81.8 cm³/mol. The lowest BCUT2D eigenvalue weighted by Gasteiger charge is -2.11. The number of nitrogens with zero attached hydrogens (tertiary/aromatic N) is 4. The zero-order chi connectivity index (χ0) is 16.1. The Kier molecular flexibility index (Phi) is 5.10. The highest BCUT2D eigenvalue weighted by Gasteiger charge is 2.20. The number of hydrogen-bond acceptors (Lipinski definition) is 6. The molecule has 0 saturated carbocycles. The Morgan fingerprint density at radius 1 is 1.32 bits per heavy atom. The molecule has 3 amide bonds. The molecule has 0 aliphatic rings. The SMILES string of the molecule is CNC(=O)NC(=O)[C@@H](C)Sc1nnnn1-c1ccccc1C. The topological polar surface area (TPSA) is 102 Å². The van der Waals surface area contributed by atoms with Crippen molar-refractivity contribution in [3.8, 4) is 5.69 Å². The maximum atomic E-state index is 11.9. The summed E-state index contributed by atoms with van der Waals surface area (Å²) in [7, 11) is 1.44. The number of tetrazole rings is 1. The van der Waals surface area contributed by atoms with E-state index in [-0.39, 0.29) is 0 Å². The molecule has 0 aliphatic heterocycles. The molecular formula is C13H16N6O2S. The van der Waals surface area contributed by atoms with Crippen LogP contribution in [0.1, 0.15) is 12.5 Å². The van der Waals surface area contributed by atoms with Crippen LogP contribution >= 0.6 is 11.8 Å². The van der Waals surface area contributed by atoms with Crippen LogP contribution in [0, 0.1) is 6.92 Å². The van der Waals surface area contributed by atoms with E-state index < -0.39 is 17.2 Å². The largest absolute Gasteiger partial charge is 0.341 e. The van der Waals surface area contributed by atoms with Gasteiger partial charge in [0.1, 0.15) is 0 Å². The molecule has 8 nitrogen and oxygen atoms in total. The van der Waals surface area contributed by atoms with E-state index >= 15 is 0 Å². The van der Waals surface area contributed by atoms with E-state index in [1.165, 1.54) is 18.8 Å². The lowest BCUT2D eigenvalue weighted by molar-refractivity contribution is -0.119. The molecule has 1 heterocycles. The van der Waals surface area contributed by atoms with Gasteiger partial charge in [-0.05, 0) is 35.9 Å². The number of benzene rings is 1. The van der Waals surface area contributed by atoms with Crippen LogP contribution in [-0.2, 0) is 4.79 Å². The summed E-state index contributed by atoms with van der Waals surface area (Å²) in [5, 5.41) is 16.1. The smallest absolute Gasteiger partial charge is 0.321 e. The number of para-hydroxylation sites is 1. The summed E-state index contributed by atoms with van der Waals surface area (Å²) in [6, 6.07) is 7.12. The van der Waals surface area contributed by atoms with E-state index in [1.54, 1.807) is 11.6 Å². The van der Waals surface area contributed by atoms with E-state index in [4.69, 9.17) is 0 Å². The van der Waals surface area contributed by atoms with E-state index in [0.29, 0.717) is 5.16 Å². The first-order valence-electron chi connectivity index (χ1n) is 6.56. The summed E-state index contributed by atoms with van der Waals surface area (Å²) in [4.78, 5) is 23.0. The number of nitrogens with one attached hydrogen (secondary N) is 2. The van der Waals surface area contributed by atoms with Crippen molar-refractivity contribution in [1.82, 2.24) is 30.8 Å². The summed E-state index contributed by atoms with van der Waals surface area (Å²) < 4.78 is 1.57. The molecule has 116 valence electrons. The summed E-state index contributed by atoms with van der Waals surface area (Å²) in [6.45, 7) is 3.63. The average Bonchev–Trinajstić information content (AvgIpc) is 2.95. The van der Waals surface area contributed by atoms with Crippen LogP contribution in [0.3, 0.4) is 0 Å². The van der Waals surface area contributed by atoms with E-state index in [1.807, 2.05) is 31.2 Å². The molecule has 0 spiro atoms. The fourth-order valence-electron chi connectivity index (χ4n) is 1.69. The Balaban J connectivity index is 2.15. The average molecular weight is 320 g/mol. The van der Waals surface area contributed by atoms with Gasteiger partial charge < -0.3 is 5.32 Å². The quantitative estimate of drug-likeness (QED) is 0.812. The molecule has 22 heavy (non-hydrogen) atoms. The maximum absolute atomic E-state index is 11.9. The number of urea groups is 1. The number of aromatic nitrogens is 4. The zero-order valence-electron chi connectivity index (χ0n) is 12.4. The Labute approximate surface area is 131 Å². The number of carbonyl (C=O) groups is 2. The first-order chi connectivity index (χ1) is 10.5. The summed E-state index contributed by atoms with van der Waals surface area (Å²) in [5.74, 6) is -0.413. The maximum Gasteiger partial charge on any atom is 0.321 e. The minimum absolute atomic E-state index is 0.413. The second-order valence-corrected chi connectivity index (χ2v) is 5.80. The lowest BCUT2D eigenvalue weighted by Crippen LogP contribution is -2.41. The lowest BCUT2D eigenvalue weighted by atomic mass is 10.2. The molecule has 1 atom stereocenters. The third kappa shape index (κ3) is 3.61. The normalized spacial score (nSPS) is 11.8. The van der Waals surface area contributed by atoms with Crippen LogP contribution in [0.15, 0.2) is 29.4 Å². The van der Waals surface area contributed by atoms with Gasteiger partial charge in [0, 0.05) is 7.05 Å². The molecule has 0 aliphatic carbocycles. The first-order valence-corrected chi connectivity index (χ1v) is 7.44. The van der Waals surface area contributed by atoms with Crippen molar-refractivity contribution in [3.63, 3.8) is 0 Å². The van der Waals surface area contributed by atoms with Gasteiger partial charge in [0.05, 0.1) is 10.9 Å². The third-order valence-corrected chi connectivity index (χ3v) is 3.93. The van der Waals surface area contributed by atoms with Crippen LogP contribution in [0.2, 0.25) is 0 Å². The van der Waals surface area contributed by atoms with Gasteiger partial charge in [-0.25, -0.2) is 4.79 Å². The highest BCUT2D eigenvalue weighted by atomic mass is 32.2. The summed E-state index contributed by atoms with van der Waals surface area (Å²) >= 11 is 1.18. The summed E-state index contributed by atoms with van der Waals surface area (Å²) in [5.41, 5.74) is 1.85. The minimum Gasteiger partial charge on any atom is -0.341 e. The summed E-state index contributed by atoms with van der Waals surface area (Å²) in [6.07, 6.45) is 0.